The summed E-state index contributed by atoms with van der Waals surface area (Å²) in [5.41, 5.74) is 7.19. The number of carbonyl (C=O) groups is 1. The van der Waals surface area contributed by atoms with Crippen molar-refractivity contribution in [2.24, 2.45) is 0 Å². The zero-order valence-electron chi connectivity index (χ0n) is 45.3. The van der Waals surface area contributed by atoms with Crippen molar-refractivity contribution in [3.8, 4) is 0 Å². The normalized spacial score (nSPS) is 19.2. The van der Waals surface area contributed by atoms with E-state index in [1.807, 2.05) is 26.8 Å². The highest BCUT2D eigenvalue weighted by Gasteiger charge is 2.29. The number of benzene rings is 2. The minimum atomic E-state index is -2.37. The molecule has 0 saturated heterocycles. The Kier molecular flexibility index (Phi) is 6.78. The third kappa shape index (κ3) is 8.24. The third-order valence-electron chi connectivity index (χ3n) is 10.1. The maximum Gasteiger partial charge on any atom is 0.410 e. The molecule has 6 heterocycles. The average Bonchev–Trinajstić information content (AvgIpc) is 3.71. The second kappa shape index (κ2) is 15.4. The molecule has 0 aliphatic carbocycles. The van der Waals surface area contributed by atoms with E-state index in [9.17, 15) is 4.79 Å². The van der Waals surface area contributed by atoms with E-state index in [2.05, 4.69) is 31.0 Å². The number of likely N-dealkylation sites (N-methyl/N-ethyl adjacent to an activating group) is 1. The average molecular weight is 739 g/mol. The lowest BCUT2D eigenvalue weighted by Crippen LogP contribution is -2.40. The monoisotopic (exact) mass is 739 g/mol. The van der Waals surface area contributed by atoms with Crippen LogP contribution in [0.4, 0.5) is 4.79 Å². The Morgan fingerprint density at radius 2 is 1.30 bits per heavy atom. The van der Waals surface area contributed by atoms with E-state index in [1.54, 1.807) is 35.2 Å². The van der Waals surface area contributed by atoms with Crippen molar-refractivity contribution < 1.29 is 28.7 Å². The number of rotatable bonds is 6. The first-order valence-electron chi connectivity index (χ1n) is 25.4. The number of ether oxygens (including phenoxy) is 1. The van der Waals surface area contributed by atoms with Crippen LogP contribution < -0.4 is 0 Å². The summed E-state index contributed by atoms with van der Waals surface area (Å²) in [6.45, 7) is -0.108. The van der Waals surface area contributed by atoms with Crippen LogP contribution >= 0.6 is 0 Å². The van der Waals surface area contributed by atoms with Gasteiger partial charge in [0.25, 0.3) is 0 Å². The van der Waals surface area contributed by atoms with Crippen LogP contribution in [0.1, 0.15) is 96.1 Å². The molecular formula is C46H56N6O2. The van der Waals surface area contributed by atoms with Gasteiger partial charge in [-0.25, -0.2) is 4.79 Å². The second-order valence-electron chi connectivity index (χ2n) is 15.2. The lowest BCUT2D eigenvalue weighted by Gasteiger charge is -2.30. The molecule has 0 saturated carbocycles. The first-order chi connectivity index (χ1) is 31.5. The Hall–Kier alpha value is -4.95. The van der Waals surface area contributed by atoms with E-state index in [0.717, 1.165) is 58.1 Å². The number of amides is 1. The minimum Gasteiger partial charge on any atom is -0.444 e. The van der Waals surface area contributed by atoms with Crippen molar-refractivity contribution >= 4 is 27.9 Å². The number of hydrogen-bond acceptors (Lipinski definition) is 5. The van der Waals surface area contributed by atoms with Crippen LogP contribution in [0.25, 0.3) is 21.8 Å². The molecule has 0 bridgehead atoms. The first kappa shape index (κ1) is 23.8. The van der Waals surface area contributed by atoms with Crippen molar-refractivity contribution in [3.63, 3.8) is 0 Å². The molecule has 1 amide bonds. The standard InChI is InChI=1S/C25H31N3O2.C21H25N3/c1-17-6-9-22-20(14-17)21-16-27(24(29)30-25(3,4)5)12-11-23(21)28(22)13-10-19-8-7-18(2)26-15-19;1-15-4-7-20-18(12-15)19-14-23(3)10-9-21(19)24(20)11-8-17-6-5-16(2)22-13-17/h6-9,14-15H,10-13,16H2,1-5H3;4-7,12-13H,8-11,14H2,1-3H3/i1D3,2D3,8D;1D3,2D3,6D. The minimum absolute atomic E-state index is 0.0646. The molecule has 2 aliphatic rings. The van der Waals surface area contributed by atoms with E-state index < -0.39 is 39.1 Å². The van der Waals surface area contributed by atoms with Gasteiger partial charge in [0.15, 0.2) is 0 Å². The Morgan fingerprint density at radius 3 is 1.80 bits per heavy atom. The molecule has 2 aromatic carbocycles. The van der Waals surface area contributed by atoms with Gasteiger partial charge < -0.3 is 23.7 Å². The molecule has 0 unspecified atom stereocenters. The number of hydrogen-bond donors (Lipinski definition) is 0. The number of fused-ring (bicyclic) bond motifs is 6. The number of aromatic nitrogens is 4. The van der Waals surface area contributed by atoms with Gasteiger partial charge in [-0.2, -0.15) is 0 Å². The Labute approximate surface area is 340 Å². The second-order valence-corrected chi connectivity index (χ2v) is 15.2. The molecule has 0 fully saturated rings. The van der Waals surface area contributed by atoms with E-state index in [4.69, 9.17) is 23.9 Å². The predicted molar refractivity (Wildman–Crippen MR) is 219 cm³/mol. The highest BCUT2D eigenvalue weighted by molar-refractivity contribution is 5.88. The molecule has 2 aliphatic heterocycles. The predicted octanol–water partition coefficient (Wildman–Crippen LogP) is 9.07. The largest absolute Gasteiger partial charge is 0.444 e. The van der Waals surface area contributed by atoms with E-state index in [0.29, 0.717) is 62.1 Å². The smallest absolute Gasteiger partial charge is 0.410 e. The van der Waals surface area contributed by atoms with E-state index in [-0.39, 0.29) is 29.0 Å². The zero-order valence-corrected chi connectivity index (χ0v) is 31.3. The molecule has 0 spiro atoms. The van der Waals surface area contributed by atoms with Crippen LogP contribution in [-0.2, 0) is 56.6 Å². The number of carbonyl (C=O) groups excluding carboxylic acids is 1. The molecule has 0 radical (unpaired) electrons. The third-order valence-corrected chi connectivity index (χ3v) is 10.1. The maximum absolute atomic E-state index is 12.8. The molecule has 8 rings (SSSR count). The van der Waals surface area contributed by atoms with Gasteiger partial charge in [-0.3, -0.25) is 9.97 Å². The summed E-state index contributed by atoms with van der Waals surface area (Å²) in [4.78, 5) is 24.7. The summed E-state index contributed by atoms with van der Waals surface area (Å²) in [6.07, 6.45) is 4.94. The van der Waals surface area contributed by atoms with Gasteiger partial charge in [0.2, 0.25) is 0 Å². The van der Waals surface area contributed by atoms with Crippen molar-refractivity contribution in [1.82, 2.24) is 28.9 Å². The summed E-state index contributed by atoms with van der Waals surface area (Å²) in [5, 5.41) is 1.75. The highest BCUT2D eigenvalue weighted by Crippen LogP contribution is 2.34. The molecule has 8 heteroatoms. The lowest BCUT2D eigenvalue weighted by molar-refractivity contribution is 0.0223. The topological polar surface area (TPSA) is 68.4 Å². The van der Waals surface area contributed by atoms with Crippen LogP contribution in [0.2, 0.25) is 0 Å². The van der Waals surface area contributed by atoms with Gasteiger partial charge in [-0.1, -0.05) is 35.3 Å². The highest BCUT2D eigenvalue weighted by atomic mass is 16.6. The van der Waals surface area contributed by atoms with Crippen LogP contribution in [-0.4, -0.2) is 60.7 Å². The SMILES string of the molecule is [2H]c1cc(C([2H])([2H])[2H])ncc1CCn1c2c(c3cc(C([2H])([2H])[2H])ccc31)CN(C(=O)OC(C)(C)C)CC2.[2H]c1cc(C([2H])([2H])[2H])ncc1CCn1c2c(c3cc(C([2H])([2H])[2H])ccc31)CN(C)CC2. The van der Waals surface area contributed by atoms with Gasteiger partial charge in [0.1, 0.15) is 5.60 Å². The Morgan fingerprint density at radius 1 is 0.759 bits per heavy atom. The molecule has 282 valence electrons. The number of aryl methyl sites for hydroxylation is 8. The van der Waals surface area contributed by atoms with Gasteiger partial charge >= 0.3 is 6.09 Å². The van der Waals surface area contributed by atoms with Crippen LogP contribution in [0.15, 0.2) is 73.0 Å². The van der Waals surface area contributed by atoms with Crippen LogP contribution in [0.5, 0.6) is 0 Å². The maximum atomic E-state index is 12.8. The van der Waals surface area contributed by atoms with Gasteiger partial charge in [-0.05, 0) is 121 Å². The summed E-state index contributed by atoms with van der Waals surface area (Å²) in [5.74, 6) is 0. The quantitative estimate of drug-likeness (QED) is 0.171. The van der Waals surface area contributed by atoms with Gasteiger partial charge in [0.05, 0.1) is 9.29 Å². The zero-order chi connectivity index (χ0) is 49.9. The summed E-state index contributed by atoms with van der Waals surface area (Å²) in [6, 6.07) is 13.3. The molecule has 4 aromatic heterocycles. The van der Waals surface area contributed by atoms with Crippen LogP contribution in [0, 0.1) is 27.4 Å². The fourth-order valence-electron chi connectivity index (χ4n) is 7.53. The molecule has 0 N–H and O–H groups in total. The fourth-order valence-corrected chi connectivity index (χ4v) is 7.53. The molecule has 6 aromatic rings. The Bertz CT molecular complexity index is 2850. The van der Waals surface area contributed by atoms with E-state index >= 15 is 0 Å². The van der Waals surface area contributed by atoms with Crippen LogP contribution in [0.3, 0.4) is 0 Å². The van der Waals surface area contributed by atoms with Gasteiger partial charge in [-0.15, -0.1) is 0 Å². The lowest BCUT2D eigenvalue weighted by atomic mass is 10.0. The molecule has 0 atom stereocenters. The summed E-state index contributed by atoms with van der Waals surface area (Å²) >= 11 is 0. The number of nitrogens with zero attached hydrogens (tertiary/aromatic N) is 6. The van der Waals surface area contributed by atoms with Crippen molar-refractivity contribution in [2.45, 2.75) is 106 Å². The van der Waals surface area contributed by atoms with Crippen molar-refractivity contribution in [1.29, 1.82) is 0 Å². The molecule has 8 nitrogen and oxygen atoms in total. The summed E-state index contributed by atoms with van der Waals surface area (Å²) < 4.78 is 118. The van der Waals surface area contributed by atoms with E-state index in [1.165, 1.54) is 30.2 Å². The van der Waals surface area contributed by atoms with Crippen molar-refractivity contribution in [3.05, 3.63) is 129 Å². The first-order valence-corrected chi connectivity index (χ1v) is 18.4. The number of pyridine rings is 2. The fraction of sp³-hybridized carbons (Fsp3) is 0.413. The van der Waals surface area contributed by atoms with Crippen molar-refractivity contribution in [2.75, 3.05) is 20.1 Å². The summed E-state index contributed by atoms with van der Waals surface area (Å²) in [7, 11) is 2.06. The molecular weight excluding hydrogens is 669 g/mol. The molecule has 54 heavy (non-hydrogen) atoms. The Balaban J connectivity index is 0.000000204. The van der Waals surface area contributed by atoms with Gasteiger partial charge in [0, 0.05) is 125 Å².